The zero-order valence-electron chi connectivity index (χ0n) is 9.46. The van der Waals surface area contributed by atoms with E-state index in [2.05, 4.69) is 10.6 Å². The van der Waals surface area contributed by atoms with Crippen LogP contribution in [0.15, 0.2) is 23.9 Å². The molecule has 0 heterocycles. The summed E-state index contributed by atoms with van der Waals surface area (Å²) < 4.78 is 5.04. The van der Waals surface area contributed by atoms with Gasteiger partial charge in [0.25, 0.3) is 0 Å². The second-order valence-corrected chi connectivity index (χ2v) is 3.39. The van der Waals surface area contributed by atoms with Gasteiger partial charge in [0, 0.05) is 19.2 Å². The Hall–Kier alpha value is -1.29. The highest BCUT2D eigenvalue weighted by Crippen LogP contribution is 2.21. The summed E-state index contributed by atoms with van der Waals surface area (Å²) in [5.74, 6) is -0.227. The summed E-state index contributed by atoms with van der Waals surface area (Å²) in [6.45, 7) is 2.21. The molecule has 1 unspecified atom stereocenters. The van der Waals surface area contributed by atoms with Crippen LogP contribution in [0.3, 0.4) is 0 Å². The number of carbonyl (C=O) groups is 1. The molecule has 84 valence electrons. The third-order valence-electron chi connectivity index (χ3n) is 2.57. The second kappa shape index (κ2) is 4.98. The van der Waals surface area contributed by atoms with Crippen molar-refractivity contribution in [3.05, 3.63) is 23.9 Å². The summed E-state index contributed by atoms with van der Waals surface area (Å²) >= 11 is 0. The maximum atomic E-state index is 11.8. The number of nitrogens with one attached hydrogen (secondary N) is 2. The van der Waals surface area contributed by atoms with Crippen LogP contribution in [-0.4, -0.2) is 32.2 Å². The van der Waals surface area contributed by atoms with E-state index in [9.17, 15) is 4.79 Å². The van der Waals surface area contributed by atoms with E-state index in [1.807, 2.05) is 32.2 Å². The number of allylic oxidation sites excluding steroid dienone is 1. The number of hydrogen-bond acceptors (Lipinski definition) is 4. The summed E-state index contributed by atoms with van der Waals surface area (Å²) in [7, 11) is 3.62. The fourth-order valence-electron chi connectivity index (χ4n) is 1.52. The molecule has 4 nitrogen and oxygen atoms in total. The highest BCUT2D eigenvalue weighted by Gasteiger charge is 2.36. The van der Waals surface area contributed by atoms with Crippen molar-refractivity contribution >= 4 is 5.97 Å². The highest BCUT2D eigenvalue weighted by atomic mass is 16.5. The Morgan fingerprint density at radius 1 is 1.60 bits per heavy atom. The fourth-order valence-corrected chi connectivity index (χ4v) is 1.52. The van der Waals surface area contributed by atoms with Crippen molar-refractivity contribution in [1.82, 2.24) is 10.6 Å². The van der Waals surface area contributed by atoms with Crippen LogP contribution in [0.25, 0.3) is 0 Å². The monoisotopic (exact) mass is 210 g/mol. The standard InChI is InChI=1S/C11H18N2O2/c1-4-15-10(14)11(13-3)7-5-9(12-2)6-8-11/h5-7,12-13H,4,8H2,1-3H3. The highest BCUT2D eigenvalue weighted by molar-refractivity contribution is 5.84. The number of esters is 1. The van der Waals surface area contributed by atoms with Gasteiger partial charge < -0.3 is 15.4 Å². The van der Waals surface area contributed by atoms with Crippen molar-refractivity contribution < 1.29 is 9.53 Å². The van der Waals surface area contributed by atoms with E-state index in [1.54, 1.807) is 7.05 Å². The van der Waals surface area contributed by atoms with Crippen LogP contribution in [0.5, 0.6) is 0 Å². The van der Waals surface area contributed by atoms with Crippen molar-refractivity contribution in [3.63, 3.8) is 0 Å². The minimum Gasteiger partial charge on any atom is -0.464 e. The molecule has 0 spiro atoms. The molecule has 1 aliphatic carbocycles. The molecule has 0 saturated heterocycles. The van der Waals surface area contributed by atoms with Gasteiger partial charge in [-0.2, -0.15) is 0 Å². The quantitative estimate of drug-likeness (QED) is 0.666. The minimum atomic E-state index is -0.698. The summed E-state index contributed by atoms with van der Waals surface area (Å²) in [5, 5.41) is 6.04. The molecule has 0 aliphatic heterocycles. The first-order valence-electron chi connectivity index (χ1n) is 5.12. The first kappa shape index (κ1) is 11.8. The molecule has 4 heteroatoms. The van der Waals surface area contributed by atoms with E-state index in [0.29, 0.717) is 13.0 Å². The van der Waals surface area contributed by atoms with E-state index in [4.69, 9.17) is 4.74 Å². The summed E-state index contributed by atoms with van der Waals surface area (Å²) in [5.41, 5.74) is 0.321. The van der Waals surface area contributed by atoms with Crippen LogP contribution in [0, 0.1) is 0 Å². The summed E-state index contributed by atoms with van der Waals surface area (Å²) in [6.07, 6.45) is 6.32. The van der Waals surface area contributed by atoms with E-state index in [1.165, 1.54) is 0 Å². The Balaban J connectivity index is 2.78. The van der Waals surface area contributed by atoms with Gasteiger partial charge in [-0.3, -0.25) is 0 Å². The lowest BCUT2D eigenvalue weighted by Crippen LogP contribution is -2.50. The van der Waals surface area contributed by atoms with Gasteiger partial charge in [0.2, 0.25) is 0 Å². The van der Waals surface area contributed by atoms with E-state index >= 15 is 0 Å². The van der Waals surface area contributed by atoms with Crippen LogP contribution in [0.4, 0.5) is 0 Å². The maximum absolute atomic E-state index is 11.8. The summed E-state index contributed by atoms with van der Waals surface area (Å²) in [6, 6.07) is 0. The average Bonchev–Trinajstić information content (AvgIpc) is 2.29. The normalized spacial score (nSPS) is 24.6. The van der Waals surface area contributed by atoms with Gasteiger partial charge in [0.15, 0.2) is 0 Å². The number of carbonyl (C=O) groups excluding carboxylic acids is 1. The second-order valence-electron chi connectivity index (χ2n) is 3.39. The minimum absolute atomic E-state index is 0.227. The number of ether oxygens (including phenoxy) is 1. The van der Waals surface area contributed by atoms with Gasteiger partial charge in [-0.1, -0.05) is 12.2 Å². The van der Waals surface area contributed by atoms with E-state index in [0.717, 1.165) is 5.70 Å². The molecular formula is C11H18N2O2. The van der Waals surface area contributed by atoms with Gasteiger partial charge in [-0.05, 0) is 20.0 Å². The third kappa shape index (κ3) is 2.39. The number of rotatable bonds is 4. The topological polar surface area (TPSA) is 50.4 Å². The Morgan fingerprint density at radius 2 is 2.33 bits per heavy atom. The lowest BCUT2D eigenvalue weighted by molar-refractivity contribution is -0.148. The molecule has 0 saturated carbocycles. The van der Waals surface area contributed by atoms with Gasteiger partial charge in [0.1, 0.15) is 5.54 Å². The van der Waals surface area contributed by atoms with Crippen LogP contribution in [-0.2, 0) is 9.53 Å². The molecule has 1 atom stereocenters. The first-order chi connectivity index (χ1) is 7.18. The zero-order valence-corrected chi connectivity index (χ0v) is 9.46. The van der Waals surface area contributed by atoms with Crippen LogP contribution < -0.4 is 10.6 Å². The maximum Gasteiger partial charge on any atom is 0.330 e. The third-order valence-corrected chi connectivity index (χ3v) is 2.57. The Morgan fingerprint density at radius 3 is 2.73 bits per heavy atom. The van der Waals surface area contributed by atoms with Crippen molar-refractivity contribution in [3.8, 4) is 0 Å². The fraction of sp³-hybridized carbons (Fsp3) is 0.545. The molecule has 0 amide bonds. The largest absolute Gasteiger partial charge is 0.464 e. The van der Waals surface area contributed by atoms with Crippen molar-refractivity contribution in [2.75, 3.05) is 20.7 Å². The number of hydrogen-bond donors (Lipinski definition) is 2. The molecule has 0 aromatic rings. The molecule has 0 bridgehead atoms. The molecular weight excluding hydrogens is 192 g/mol. The molecule has 15 heavy (non-hydrogen) atoms. The van der Waals surface area contributed by atoms with Gasteiger partial charge in [-0.15, -0.1) is 0 Å². The molecule has 0 fully saturated rings. The molecule has 1 rings (SSSR count). The molecule has 2 N–H and O–H groups in total. The van der Waals surface area contributed by atoms with Crippen LogP contribution >= 0.6 is 0 Å². The van der Waals surface area contributed by atoms with E-state index in [-0.39, 0.29) is 5.97 Å². The van der Waals surface area contributed by atoms with Gasteiger partial charge >= 0.3 is 5.97 Å². The summed E-state index contributed by atoms with van der Waals surface area (Å²) in [4.78, 5) is 11.8. The zero-order chi connectivity index (χ0) is 11.3. The lowest BCUT2D eigenvalue weighted by Gasteiger charge is -2.29. The molecule has 0 aromatic heterocycles. The predicted molar refractivity (Wildman–Crippen MR) is 59.3 cm³/mol. The van der Waals surface area contributed by atoms with E-state index < -0.39 is 5.54 Å². The van der Waals surface area contributed by atoms with Crippen molar-refractivity contribution in [2.24, 2.45) is 0 Å². The smallest absolute Gasteiger partial charge is 0.330 e. The van der Waals surface area contributed by atoms with Crippen LogP contribution in [0.2, 0.25) is 0 Å². The molecule has 1 aliphatic rings. The van der Waals surface area contributed by atoms with Crippen molar-refractivity contribution in [2.45, 2.75) is 18.9 Å². The number of likely N-dealkylation sites (N-methyl/N-ethyl adjacent to an activating group) is 2. The molecule has 0 aromatic carbocycles. The lowest BCUT2D eigenvalue weighted by atomic mass is 9.90. The predicted octanol–water partition coefficient (Wildman–Crippen LogP) is 0.571. The Kier molecular flexibility index (Phi) is 3.91. The Labute approximate surface area is 90.4 Å². The first-order valence-corrected chi connectivity index (χ1v) is 5.12. The Bertz CT molecular complexity index is 297. The van der Waals surface area contributed by atoms with Gasteiger partial charge in [-0.25, -0.2) is 4.79 Å². The average molecular weight is 210 g/mol. The van der Waals surface area contributed by atoms with Crippen LogP contribution in [0.1, 0.15) is 13.3 Å². The molecule has 0 radical (unpaired) electrons. The van der Waals surface area contributed by atoms with Crippen molar-refractivity contribution in [1.29, 1.82) is 0 Å². The SMILES string of the molecule is CCOC(=O)C1(NC)C=CC(NC)=CC1. The van der Waals surface area contributed by atoms with Gasteiger partial charge in [0.05, 0.1) is 6.61 Å².